The largest absolute Gasteiger partial charge is 0.478 e. The van der Waals surface area contributed by atoms with Gasteiger partial charge in [0.05, 0.1) is 24.4 Å². The van der Waals surface area contributed by atoms with Crippen LogP contribution >= 0.6 is 11.6 Å². The quantitative estimate of drug-likeness (QED) is 0.713. The van der Waals surface area contributed by atoms with E-state index in [0.717, 1.165) is 5.56 Å². The number of pyridine rings is 1. The molecule has 0 saturated carbocycles. The van der Waals surface area contributed by atoms with Crippen LogP contribution in [0.3, 0.4) is 0 Å². The van der Waals surface area contributed by atoms with Gasteiger partial charge in [-0.2, -0.15) is 5.10 Å². The number of nitrogens with one attached hydrogen (secondary N) is 1. The van der Waals surface area contributed by atoms with Crippen LogP contribution in [0.25, 0.3) is 0 Å². The molecular weight excluding hydrogens is 352 g/mol. The second kappa shape index (κ2) is 8.01. The Morgan fingerprint density at radius 3 is 2.88 bits per heavy atom. The van der Waals surface area contributed by atoms with Crippen LogP contribution in [0, 0.1) is 6.92 Å². The van der Waals surface area contributed by atoms with Gasteiger partial charge < -0.3 is 10.1 Å². The summed E-state index contributed by atoms with van der Waals surface area (Å²) in [7, 11) is 0. The molecule has 0 unspecified atom stereocenters. The fourth-order valence-corrected chi connectivity index (χ4v) is 2.73. The molecule has 7 heteroatoms. The number of amides is 1. The predicted octanol–water partition coefficient (Wildman–Crippen LogP) is 3.94. The molecule has 0 fully saturated rings. The number of aryl methyl sites for hydroxylation is 1. The van der Waals surface area contributed by atoms with Gasteiger partial charge in [-0.15, -0.1) is 0 Å². The molecule has 3 rings (SSSR count). The molecule has 0 atom stereocenters. The third kappa shape index (κ3) is 4.21. The lowest BCUT2D eigenvalue weighted by Crippen LogP contribution is -2.18. The van der Waals surface area contributed by atoms with E-state index >= 15 is 0 Å². The second-order valence-corrected chi connectivity index (χ2v) is 6.14. The summed E-state index contributed by atoms with van der Waals surface area (Å²) in [5.74, 6) is 0.508. The van der Waals surface area contributed by atoms with Gasteiger partial charge in [0.25, 0.3) is 5.91 Å². The molecule has 0 saturated heterocycles. The summed E-state index contributed by atoms with van der Waals surface area (Å²) >= 11 is 6.12. The zero-order valence-electron chi connectivity index (χ0n) is 14.6. The van der Waals surface area contributed by atoms with Crippen LogP contribution in [0.15, 0.2) is 48.7 Å². The standard InChI is InChI=1S/C19H19ClN4O2/c1-3-26-17-8-7-15(20)18(23-17)19(25)22-16-9-10-21-24(16)12-14-6-4-5-13(2)11-14/h4-11H,3,12H2,1-2H3,(H,22,25). The van der Waals surface area contributed by atoms with Crippen molar-refractivity contribution in [3.8, 4) is 5.88 Å². The highest BCUT2D eigenvalue weighted by atomic mass is 35.5. The van der Waals surface area contributed by atoms with Gasteiger partial charge >= 0.3 is 0 Å². The fourth-order valence-electron chi connectivity index (χ4n) is 2.54. The first kappa shape index (κ1) is 17.9. The summed E-state index contributed by atoms with van der Waals surface area (Å²) < 4.78 is 7.05. The number of rotatable bonds is 6. The average molecular weight is 371 g/mol. The first-order chi connectivity index (χ1) is 12.6. The van der Waals surface area contributed by atoms with Crippen molar-refractivity contribution in [2.24, 2.45) is 0 Å². The van der Waals surface area contributed by atoms with Crippen molar-refractivity contribution >= 4 is 23.3 Å². The number of carbonyl (C=O) groups is 1. The molecule has 0 aliphatic rings. The normalized spacial score (nSPS) is 10.6. The monoisotopic (exact) mass is 370 g/mol. The van der Waals surface area contributed by atoms with Crippen LogP contribution in [0.5, 0.6) is 5.88 Å². The summed E-state index contributed by atoms with van der Waals surface area (Å²) in [5.41, 5.74) is 2.38. The minimum atomic E-state index is -0.414. The number of benzene rings is 1. The number of anilines is 1. The van der Waals surface area contributed by atoms with E-state index in [0.29, 0.717) is 24.8 Å². The Bertz CT molecular complexity index is 923. The van der Waals surface area contributed by atoms with Crippen LogP contribution in [0.4, 0.5) is 5.82 Å². The number of carbonyl (C=O) groups excluding carboxylic acids is 1. The van der Waals surface area contributed by atoms with E-state index in [1.54, 1.807) is 29.1 Å². The van der Waals surface area contributed by atoms with Gasteiger partial charge in [-0.3, -0.25) is 4.79 Å². The van der Waals surface area contributed by atoms with Crippen LogP contribution in [0.2, 0.25) is 5.02 Å². The molecule has 26 heavy (non-hydrogen) atoms. The van der Waals surface area contributed by atoms with Crippen molar-refractivity contribution in [1.29, 1.82) is 0 Å². The SMILES string of the molecule is CCOc1ccc(Cl)c(C(=O)Nc2ccnn2Cc2cccc(C)c2)n1. The second-order valence-electron chi connectivity index (χ2n) is 5.73. The highest BCUT2D eigenvalue weighted by Crippen LogP contribution is 2.20. The Hall–Kier alpha value is -2.86. The molecule has 0 radical (unpaired) electrons. The Labute approximate surface area is 156 Å². The van der Waals surface area contributed by atoms with Gasteiger partial charge in [-0.05, 0) is 25.5 Å². The van der Waals surface area contributed by atoms with Crippen LogP contribution in [-0.2, 0) is 6.54 Å². The van der Waals surface area contributed by atoms with Crippen molar-refractivity contribution in [1.82, 2.24) is 14.8 Å². The third-order valence-electron chi connectivity index (χ3n) is 3.70. The lowest BCUT2D eigenvalue weighted by atomic mass is 10.1. The molecule has 0 spiro atoms. The smallest absolute Gasteiger partial charge is 0.277 e. The molecule has 134 valence electrons. The van der Waals surface area contributed by atoms with Gasteiger partial charge in [0.2, 0.25) is 5.88 Å². The minimum Gasteiger partial charge on any atom is -0.478 e. The van der Waals surface area contributed by atoms with E-state index in [2.05, 4.69) is 21.5 Å². The average Bonchev–Trinajstić information content (AvgIpc) is 3.03. The number of ether oxygens (including phenoxy) is 1. The molecule has 1 amide bonds. The van der Waals surface area contributed by atoms with E-state index in [9.17, 15) is 4.79 Å². The minimum absolute atomic E-state index is 0.112. The summed E-state index contributed by atoms with van der Waals surface area (Å²) in [5, 5.41) is 7.35. The Morgan fingerprint density at radius 2 is 2.12 bits per heavy atom. The van der Waals surface area contributed by atoms with Gasteiger partial charge in [-0.25, -0.2) is 9.67 Å². The van der Waals surface area contributed by atoms with Gasteiger partial charge in [0.1, 0.15) is 5.82 Å². The number of hydrogen-bond donors (Lipinski definition) is 1. The van der Waals surface area contributed by atoms with Crippen molar-refractivity contribution in [3.05, 3.63) is 70.5 Å². The summed E-state index contributed by atoms with van der Waals surface area (Å²) in [6.45, 7) is 4.89. The van der Waals surface area contributed by atoms with Crippen molar-refractivity contribution < 1.29 is 9.53 Å². The Morgan fingerprint density at radius 1 is 1.27 bits per heavy atom. The molecule has 6 nitrogen and oxygen atoms in total. The molecule has 2 aromatic heterocycles. The summed E-state index contributed by atoms with van der Waals surface area (Å²) in [6.07, 6.45) is 1.64. The number of hydrogen-bond acceptors (Lipinski definition) is 4. The van der Waals surface area contributed by atoms with E-state index < -0.39 is 5.91 Å². The van der Waals surface area contributed by atoms with E-state index in [4.69, 9.17) is 16.3 Å². The lowest BCUT2D eigenvalue weighted by molar-refractivity contribution is 0.102. The number of nitrogens with zero attached hydrogens (tertiary/aromatic N) is 3. The Kier molecular flexibility index (Phi) is 5.53. The van der Waals surface area contributed by atoms with E-state index in [1.807, 2.05) is 32.0 Å². The molecule has 0 bridgehead atoms. The molecule has 1 N–H and O–H groups in total. The van der Waals surface area contributed by atoms with Crippen LogP contribution in [0.1, 0.15) is 28.5 Å². The lowest BCUT2D eigenvalue weighted by Gasteiger charge is -2.11. The first-order valence-corrected chi connectivity index (χ1v) is 8.62. The maximum absolute atomic E-state index is 12.6. The molecule has 0 aliphatic carbocycles. The molecular formula is C19H19ClN4O2. The van der Waals surface area contributed by atoms with Gasteiger partial charge in [0, 0.05) is 12.1 Å². The van der Waals surface area contributed by atoms with Crippen molar-refractivity contribution in [2.45, 2.75) is 20.4 Å². The highest BCUT2D eigenvalue weighted by molar-refractivity contribution is 6.34. The molecule has 1 aromatic carbocycles. The zero-order chi connectivity index (χ0) is 18.5. The van der Waals surface area contributed by atoms with E-state index in [1.165, 1.54) is 5.56 Å². The molecule has 3 aromatic rings. The number of aromatic nitrogens is 3. The maximum atomic E-state index is 12.6. The van der Waals surface area contributed by atoms with Crippen molar-refractivity contribution in [2.75, 3.05) is 11.9 Å². The van der Waals surface area contributed by atoms with Crippen molar-refractivity contribution in [3.63, 3.8) is 0 Å². The topological polar surface area (TPSA) is 69.0 Å². The molecule has 0 aliphatic heterocycles. The first-order valence-electron chi connectivity index (χ1n) is 8.25. The zero-order valence-corrected chi connectivity index (χ0v) is 15.3. The molecule has 2 heterocycles. The summed E-state index contributed by atoms with van der Waals surface area (Å²) in [4.78, 5) is 16.8. The predicted molar refractivity (Wildman–Crippen MR) is 101 cm³/mol. The van der Waals surface area contributed by atoms with Crippen LogP contribution < -0.4 is 10.1 Å². The van der Waals surface area contributed by atoms with Gasteiger partial charge in [-0.1, -0.05) is 41.4 Å². The number of halogens is 1. The highest BCUT2D eigenvalue weighted by Gasteiger charge is 2.16. The summed E-state index contributed by atoms with van der Waals surface area (Å²) in [6, 6.07) is 13.1. The Balaban J connectivity index is 1.79. The van der Waals surface area contributed by atoms with Crippen LogP contribution in [-0.4, -0.2) is 27.3 Å². The van der Waals surface area contributed by atoms with E-state index in [-0.39, 0.29) is 10.7 Å². The third-order valence-corrected chi connectivity index (χ3v) is 4.01. The van der Waals surface area contributed by atoms with Gasteiger partial charge in [0.15, 0.2) is 5.69 Å². The fraction of sp³-hybridized carbons (Fsp3) is 0.211. The maximum Gasteiger partial charge on any atom is 0.277 e.